The lowest BCUT2D eigenvalue weighted by Crippen LogP contribution is -2.09. The van der Waals surface area contributed by atoms with Gasteiger partial charge in [0.2, 0.25) is 0 Å². The van der Waals surface area contributed by atoms with Crippen molar-refractivity contribution in [2.45, 2.75) is 33.6 Å². The number of aromatic amines is 2. The predicted molar refractivity (Wildman–Crippen MR) is 79.6 cm³/mol. The van der Waals surface area contributed by atoms with Gasteiger partial charge in [-0.3, -0.25) is 4.79 Å². The summed E-state index contributed by atoms with van der Waals surface area (Å²) in [5, 5.41) is 0. The van der Waals surface area contributed by atoms with Crippen LogP contribution in [0, 0.1) is 5.41 Å². The van der Waals surface area contributed by atoms with Gasteiger partial charge in [-0.05, 0) is 39.9 Å². The molecule has 19 heavy (non-hydrogen) atoms. The molecule has 1 aromatic carbocycles. The van der Waals surface area contributed by atoms with E-state index in [1.807, 2.05) is 0 Å². The Morgan fingerprint density at radius 2 is 1.79 bits per heavy atom. The normalized spacial score (nSPS) is 12.0. The number of hydrogen-bond donors (Lipinski definition) is 2. The summed E-state index contributed by atoms with van der Waals surface area (Å²) >= 11 is 3.39. The summed E-state index contributed by atoms with van der Waals surface area (Å²) in [4.78, 5) is 28.8. The second kappa shape index (κ2) is 4.96. The molecule has 2 rings (SSSR count). The van der Waals surface area contributed by atoms with Crippen molar-refractivity contribution in [3.63, 3.8) is 0 Å². The first kappa shape index (κ1) is 14.1. The summed E-state index contributed by atoms with van der Waals surface area (Å²) in [6.45, 7) is 6.34. The van der Waals surface area contributed by atoms with E-state index >= 15 is 0 Å². The summed E-state index contributed by atoms with van der Waals surface area (Å²) in [6, 6.07) is 3.49. The molecule has 1 heterocycles. The summed E-state index contributed by atoms with van der Waals surface area (Å²) < 4.78 is 0.717. The Kier molecular flexibility index (Phi) is 3.67. The first-order valence-electron chi connectivity index (χ1n) is 6.21. The van der Waals surface area contributed by atoms with Gasteiger partial charge in [-0.15, -0.1) is 0 Å². The summed E-state index contributed by atoms with van der Waals surface area (Å²) in [5.41, 5.74) is 1.85. The number of hydrogen-bond acceptors (Lipinski definition) is 2. The second-order valence-corrected chi connectivity index (χ2v) is 6.79. The van der Waals surface area contributed by atoms with Gasteiger partial charge in [0.25, 0.3) is 0 Å². The van der Waals surface area contributed by atoms with Gasteiger partial charge < -0.3 is 9.97 Å². The highest BCUT2D eigenvalue weighted by molar-refractivity contribution is 9.10. The van der Waals surface area contributed by atoms with Crippen molar-refractivity contribution < 1.29 is 4.79 Å². The van der Waals surface area contributed by atoms with E-state index in [0.717, 1.165) is 6.42 Å². The molecule has 2 aromatic rings. The summed E-state index contributed by atoms with van der Waals surface area (Å²) in [6.07, 6.45) is 1.34. The number of halogens is 1. The molecule has 0 radical (unpaired) electrons. The van der Waals surface area contributed by atoms with E-state index in [2.05, 4.69) is 46.7 Å². The highest BCUT2D eigenvalue weighted by Gasteiger charge is 2.17. The number of H-pyrrole nitrogens is 2. The number of nitrogens with one attached hydrogen (secondary N) is 2. The minimum Gasteiger partial charge on any atom is -0.306 e. The quantitative estimate of drug-likeness (QED) is 0.846. The van der Waals surface area contributed by atoms with E-state index in [0.29, 0.717) is 27.5 Å². The maximum Gasteiger partial charge on any atom is 0.323 e. The molecule has 0 saturated carbocycles. The van der Waals surface area contributed by atoms with Crippen LogP contribution in [0.1, 0.15) is 44.0 Å². The number of Topliss-reactive ketones (excluding diaryl/α,β-unsaturated/α-hetero) is 1. The van der Waals surface area contributed by atoms with Crippen LogP contribution < -0.4 is 5.69 Å². The van der Waals surface area contributed by atoms with E-state index in [1.54, 1.807) is 12.1 Å². The van der Waals surface area contributed by atoms with Crippen molar-refractivity contribution in [2.24, 2.45) is 5.41 Å². The number of fused-ring (bicyclic) bond motifs is 1. The average molecular weight is 325 g/mol. The number of carbonyl (C=O) groups is 1. The van der Waals surface area contributed by atoms with Crippen molar-refractivity contribution in [1.82, 2.24) is 9.97 Å². The number of imidazole rings is 1. The smallest absolute Gasteiger partial charge is 0.306 e. The highest BCUT2D eigenvalue weighted by Crippen LogP contribution is 2.26. The monoisotopic (exact) mass is 324 g/mol. The molecule has 0 amide bonds. The molecule has 0 fully saturated rings. The molecule has 5 heteroatoms. The van der Waals surface area contributed by atoms with Crippen molar-refractivity contribution in [3.8, 4) is 0 Å². The first-order valence-corrected chi connectivity index (χ1v) is 7.00. The Morgan fingerprint density at radius 1 is 1.21 bits per heavy atom. The third-order valence-electron chi connectivity index (χ3n) is 3.01. The SMILES string of the molecule is CC(C)(C)CCC(=O)c1cc2[nH]c(=O)[nH]c2cc1Br. The largest absolute Gasteiger partial charge is 0.323 e. The molecule has 4 nitrogen and oxygen atoms in total. The summed E-state index contributed by atoms with van der Waals surface area (Å²) in [7, 11) is 0. The van der Waals surface area contributed by atoms with Crippen molar-refractivity contribution in [2.75, 3.05) is 0 Å². The van der Waals surface area contributed by atoms with Crippen molar-refractivity contribution in [3.05, 3.63) is 32.7 Å². The van der Waals surface area contributed by atoms with Crippen LogP contribution >= 0.6 is 15.9 Å². The van der Waals surface area contributed by atoms with Gasteiger partial charge in [0.15, 0.2) is 5.78 Å². The van der Waals surface area contributed by atoms with E-state index in [4.69, 9.17) is 0 Å². The van der Waals surface area contributed by atoms with Crippen molar-refractivity contribution >= 4 is 32.7 Å². The zero-order chi connectivity index (χ0) is 14.2. The van der Waals surface area contributed by atoms with Crippen molar-refractivity contribution in [1.29, 1.82) is 0 Å². The molecule has 1 aromatic heterocycles. The lowest BCUT2D eigenvalue weighted by atomic mass is 9.88. The topological polar surface area (TPSA) is 65.7 Å². The molecule has 102 valence electrons. The first-order chi connectivity index (χ1) is 8.76. The zero-order valence-electron chi connectivity index (χ0n) is 11.3. The minimum atomic E-state index is -0.263. The van der Waals surface area contributed by atoms with Gasteiger partial charge in [0.1, 0.15) is 0 Å². The second-order valence-electron chi connectivity index (χ2n) is 5.94. The van der Waals surface area contributed by atoms with Crippen LogP contribution in [0.5, 0.6) is 0 Å². The van der Waals surface area contributed by atoms with Gasteiger partial charge in [0.05, 0.1) is 11.0 Å². The van der Waals surface area contributed by atoms with Crippen LogP contribution in [0.3, 0.4) is 0 Å². The Morgan fingerprint density at radius 3 is 2.37 bits per heavy atom. The fourth-order valence-electron chi connectivity index (χ4n) is 1.89. The lowest BCUT2D eigenvalue weighted by Gasteiger charge is -2.17. The fraction of sp³-hybridized carbons (Fsp3) is 0.429. The summed E-state index contributed by atoms with van der Waals surface area (Å²) in [5.74, 6) is 0.0887. The molecule has 0 saturated heterocycles. The predicted octanol–water partition coefficient (Wildman–Crippen LogP) is 3.63. The molecule has 2 N–H and O–H groups in total. The number of rotatable bonds is 3. The van der Waals surface area contributed by atoms with Crippen LogP contribution in [-0.4, -0.2) is 15.8 Å². The van der Waals surface area contributed by atoms with E-state index in [9.17, 15) is 9.59 Å². The molecular weight excluding hydrogens is 308 g/mol. The molecule has 0 atom stereocenters. The number of benzene rings is 1. The molecule has 0 unspecified atom stereocenters. The molecule has 0 aliphatic carbocycles. The van der Waals surface area contributed by atoms with Crippen LogP contribution in [-0.2, 0) is 0 Å². The third-order valence-corrected chi connectivity index (χ3v) is 3.66. The van der Waals surface area contributed by atoms with Gasteiger partial charge in [-0.1, -0.05) is 20.8 Å². The van der Waals surface area contributed by atoms with Gasteiger partial charge in [-0.2, -0.15) is 0 Å². The van der Waals surface area contributed by atoms with Crippen LogP contribution in [0.2, 0.25) is 0 Å². The molecular formula is C14H17BrN2O2. The third kappa shape index (κ3) is 3.35. The maximum atomic E-state index is 12.2. The van der Waals surface area contributed by atoms with Crippen LogP contribution in [0.4, 0.5) is 0 Å². The average Bonchev–Trinajstić information content (AvgIpc) is 2.63. The van der Waals surface area contributed by atoms with Gasteiger partial charge >= 0.3 is 5.69 Å². The van der Waals surface area contributed by atoms with E-state index in [-0.39, 0.29) is 16.9 Å². The van der Waals surface area contributed by atoms with Gasteiger partial charge in [-0.25, -0.2) is 4.79 Å². The van der Waals surface area contributed by atoms with Crippen LogP contribution in [0.15, 0.2) is 21.4 Å². The number of ketones is 1. The molecule has 0 aliphatic heterocycles. The standard InChI is InChI=1S/C14H17BrN2O2/c1-14(2,3)5-4-12(18)8-6-10-11(7-9(8)15)17-13(19)16-10/h6-7H,4-5H2,1-3H3,(H2,16,17,19). The lowest BCUT2D eigenvalue weighted by molar-refractivity contribution is 0.0965. The minimum absolute atomic E-state index is 0.0887. The Bertz CT molecular complexity index is 677. The maximum absolute atomic E-state index is 12.2. The Balaban J connectivity index is 2.31. The van der Waals surface area contributed by atoms with Crippen LogP contribution in [0.25, 0.3) is 11.0 Å². The fourth-order valence-corrected chi connectivity index (χ4v) is 2.46. The van der Waals surface area contributed by atoms with E-state index in [1.165, 1.54) is 0 Å². The van der Waals surface area contributed by atoms with Gasteiger partial charge in [0, 0.05) is 16.5 Å². The Hall–Kier alpha value is -1.36. The highest BCUT2D eigenvalue weighted by atomic mass is 79.9. The zero-order valence-corrected chi connectivity index (χ0v) is 12.8. The number of aromatic nitrogens is 2. The number of carbonyl (C=O) groups excluding carboxylic acids is 1. The van der Waals surface area contributed by atoms with E-state index < -0.39 is 0 Å². The Labute approximate surface area is 119 Å². The molecule has 0 spiro atoms. The molecule has 0 aliphatic rings. The molecule has 0 bridgehead atoms.